The molecule has 1 unspecified atom stereocenters. The van der Waals surface area contributed by atoms with Gasteiger partial charge in [0.15, 0.2) is 0 Å². The molecule has 1 amide bonds. The number of para-hydroxylation sites is 1. The number of H-pyrrole nitrogens is 1. The van der Waals surface area contributed by atoms with E-state index in [1.165, 1.54) is 40.9 Å². The molecule has 1 atom stereocenters. The van der Waals surface area contributed by atoms with Gasteiger partial charge in [0.2, 0.25) is 0 Å². The number of nitrogens with one attached hydrogen (secondary N) is 2. The van der Waals surface area contributed by atoms with Crippen LogP contribution in [0.4, 0.5) is 0 Å². The first-order valence-electron chi connectivity index (χ1n) is 9.76. The number of aromatic nitrogens is 1. The highest BCUT2D eigenvalue weighted by atomic mass is 16.5. The molecule has 2 aromatic carbocycles. The fourth-order valence-corrected chi connectivity index (χ4v) is 4.11. The lowest BCUT2D eigenvalue weighted by molar-refractivity contribution is -0.124. The number of aromatic amines is 1. The normalized spacial score (nSPS) is 17.5. The Morgan fingerprint density at radius 2 is 2.04 bits per heavy atom. The summed E-state index contributed by atoms with van der Waals surface area (Å²) in [6.07, 6.45) is 8.58. The third kappa shape index (κ3) is 4.01. The summed E-state index contributed by atoms with van der Waals surface area (Å²) >= 11 is 0. The van der Waals surface area contributed by atoms with Crippen molar-refractivity contribution in [2.45, 2.75) is 25.3 Å². The molecule has 3 N–H and O–H groups in total. The van der Waals surface area contributed by atoms with Gasteiger partial charge in [0.1, 0.15) is 0 Å². The van der Waals surface area contributed by atoms with Crippen molar-refractivity contribution in [2.75, 3.05) is 13.1 Å². The summed E-state index contributed by atoms with van der Waals surface area (Å²) in [6, 6.07) is 17.2. The van der Waals surface area contributed by atoms with Crippen LogP contribution >= 0.6 is 0 Å². The molecule has 1 aliphatic heterocycles. The molecule has 0 aliphatic carbocycles. The third-order valence-electron chi connectivity index (χ3n) is 5.57. The quantitative estimate of drug-likeness (QED) is 0.346. The van der Waals surface area contributed by atoms with Crippen LogP contribution in [0.25, 0.3) is 17.0 Å². The van der Waals surface area contributed by atoms with Crippen LogP contribution in [0.3, 0.4) is 0 Å². The number of carbonyl (C=O) groups is 1. The molecule has 1 fully saturated rings. The Bertz CT molecular complexity index is 975. The second kappa shape index (κ2) is 8.42. The fourth-order valence-electron chi connectivity index (χ4n) is 4.11. The van der Waals surface area contributed by atoms with E-state index in [9.17, 15) is 4.79 Å². The molecule has 1 aromatic heterocycles. The van der Waals surface area contributed by atoms with E-state index in [-0.39, 0.29) is 0 Å². The molecule has 4 rings (SSSR count). The number of nitrogens with zero attached hydrogens (tertiary/aromatic N) is 1. The Kier molecular flexibility index (Phi) is 5.55. The number of benzene rings is 2. The molecule has 2 heterocycles. The minimum atomic E-state index is -0.525. The highest BCUT2D eigenvalue weighted by molar-refractivity contribution is 5.90. The molecule has 144 valence electrons. The number of hydrogen-bond acceptors (Lipinski definition) is 3. The summed E-state index contributed by atoms with van der Waals surface area (Å²) < 4.78 is 0. The zero-order chi connectivity index (χ0) is 19.3. The molecule has 28 heavy (non-hydrogen) atoms. The Morgan fingerprint density at radius 1 is 1.21 bits per heavy atom. The van der Waals surface area contributed by atoms with E-state index in [2.05, 4.69) is 52.5 Å². The fraction of sp³-hybridized carbons (Fsp3) is 0.261. The first-order chi connectivity index (χ1) is 13.7. The maximum atomic E-state index is 11.1. The number of hydroxylamine groups is 1. The van der Waals surface area contributed by atoms with Crippen LogP contribution in [0.1, 0.15) is 35.6 Å². The van der Waals surface area contributed by atoms with Gasteiger partial charge in [0.25, 0.3) is 5.91 Å². The van der Waals surface area contributed by atoms with E-state index in [4.69, 9.17) is 5.21 Å². The van der Waals surface area contributed by atoms with Crippen LogP contribution in [0.2, 0.25) is 0 Å². The van der Waals surface area contributed by atoms with Gasteiger partial charge >= 0.3 is 0 Å². The standard InChI is InChI=1S/C23H25N3O2/c27-23(25-28)12-9-17-7-10-18(11-8-17)22-6-3-14-26(22)15-13-19-16-24-21-5-2-1-4-20(19)21/h1-2,4-5,7-12,16,22,24,28H,3,6,13-15H2,(H,25,27). The van der Waals surface area contributed by atoms with Gasteiger partial charge in [0, 0.05) is 35.8 Å². The average Bonchev–Trinajstić information content (AvgIpc) is 3.37. The van der Waals surface area contributed by atoms with Gasteiger partial charge in [-0.3, -0.25) is 14.9 Å². The smallest absolute Gasteiger partial charge is 0.267 e. The topological polar surface area (TPSA) is 68.4 Å². The van der Waals surface area contributed by atoms with Gasteiger partial charge in [-0.1, -0.05) is 42.5 Å². The largest absolute Gasteiger partial charge is 0.361 e. The van der Waals surface area contributed by atoms with E-state index in [0.29, 0.717) is 6.04 Å². The summed E-state index contributed by atoms with van der Waals surface area (Å²) in [6.45, 7) is 2.18. The van der Waals surface area contributed by atoms with Gasteiger partial charge in [-0.15, -0.1) is 0 Å². The molecular formula is C23H25N3O2. The van der Waals surface area contributed by atoms with E-state index in [0.717, 1.165) is 25.1 Å². The third-order valence-corrected chi connectivity index (χ3v) is 5.57. The lowest BCUT2D eigenvalue weighted by Gasteiger charge is -2.25. The maximum absolute atomic E-state index is 11.1. The van der Waals surface area contributed by atoms with E-state index in [1.807, 2.05) is 12.1 Å². The summed E-state index contributed by atoms with van der Waals surface area (Å²) in [4.78, 5) is 17.0. The monoisotopic (exact) mass is 375 g/mol. The molecule has 5 nitrogen and oxygen atoms in total. The maximum Gasteiger partial charge on any atom is 0.267 e. The van der Waals surface area contributed by atoms with Crippen molar-refractivity contribution in [3.8, 4) is 0 Å². The molecule has 1 aliphatic rings. The van der Waals surface area contributed by atoms with Crippen LogP contribution < -0.4 is 5.48 Å². The molecular weight excluding hydrogens is 350 g/mol. The average molecular weight is 375 g/mol. The number of hydrogen-bond donors (Lipinski definition) is 3. The summed E-state index contributed by atoms with van der Waals surface area (Å²) in [7, 11) is 0. The van der Waals surface area contributed by atoms with Crippen molar-refractivity contribution in [1.82, 2.24) is 15.4 Å². The zero-order valence-corrected chi connectivity index (χ0v) is 15.8. The number of likely N-dealkylation sites (tertiary alicyclic amines) is 1. The highest BCUT2D eigenvalue weighted by Gasteiger charge is 2.25. The van der Waals surface area contributed by atoms with Crippen LogP contribution in [-0.4, -0.2) is 34.1 Å². The van der Waals surface area contributed by atoms with E-state index < -0.39 is 5.91 Å². The highest BCUT2D eigenvalue weighted by Crippen LogP contribution is 2.32. The molecule has 0 bridgehead atoms. The predicted octanol–water partition coefficient (Wildman–Crippen LogP) is 4.07. The van der Waals surface area contributed by atoms with Gasteiger partial charge in [-0.2, -0.15) is 0 Å². The number of rotatable bonds is 6. The Hall–Kier alpha value is -2.89. The Morgan fingerprint density at radius 3 is 2.86 bits per heavy atom. The van der Waals surface area contributed by atoms with Crippen molar-refractivity contribution in [3.05, 3.63) is 77.5 Å². The molecule has 0 spiro atoms. The molecule has 3 aromatic rings. The lowest BCUT2D eigenvalue weighted by atomic mass is 10.0. The Balaban J connectivity index is 1.42. The number of carbonyl (C=O) groups excluding carboxylic acids is 1. The molecule has 0 radical (unpaired) electrons. The van der Waals surface area contributed by atoms with Crippen LogP contribution in [-0.2, 0) is 11.2 Å². The van der Waals surface area contributed by atoms with Gasteiger partial charge in [0.05, 0.1) is 0 Å². The molecule has 5 heteroatoms. The van der Waals surface area contributed by atoms with Gasteiger partial charge in [-0.05, 0) is 54.6 Å². The number of fused-ring (bicyclic) bond motifs is 1. The molecule has 0 saturated carbocycles. The summed E-state index contributed by atoms with van der Waals surface area (Å²) in [5.41, 5.74) is 6.44. The second-order valence-corrected chi connectivity index (χ2v) is 7.28. The van der Waals surface area contributed by atoms with Crippen molar-refractivity contribution < 1.29 is 10.0 Å². The number of amides is 1. The second-order valence-electron chi connectivity index (χ2n) is 7.28. The zero-order valence-electron chi connectivity index (χ0n) is 15.8. The van der Waals surface area contributed by atoms with Crippen molar-refractivity contribution in [1.29, 1.82) is 0 Å². The van der Waals surface area contributed by atoms with E-state index in [1.54, 1.807) is 11.6 Å². The summed E-state index contributed by atoms with van der Waals surface area (Å²) in [5.74, 6) is -0.525. The van der Waals surface area contributed by atoms with Gasteiger partial charge in [-0.25, -0.2) is 5.48 Å². The van der Waals surface area contributed by atoms with E-state index >= 15 is 0 Å². The first-order valence-corrected chi connectivity index (χ1v) is 9.76. The summed E-state index contributed by atoms with van der Waals surface area (Å²) in [5, 5.41) is 9.87. The van der Waals surface area contributed by atoms with Crippen molar-refractivity contribution in [3.63, 3.8) is 0 Å². The molecule has 1 saturated heterocycles. The lowest BCUT2D eigenvalue weighted by Crippen LogP contribution is -2.25. The van der Waals surface area contributed by atoms with Crippen LogP contribution in [0.5, 0.6) is 0 Å². The van der Waals surface area contributed by atoms with Crippen LogP contribution in [0, 0.1) is 0 Å². The minimum absolute atomic E-state index is 0.448. The van der Waals surface area contributed by atoms with Crippen molar-refractivity contribution in [2.24, 2.45) is 0 Å². The minimum Gasteiger partial charge on any atom is -0.361 e. The predicted molar refractivity (Wildman–Crippen MR) is 111 cm³/mol. The van der Waals surface area contributed by atoms with Crippen LogP contribution in [0.15, 0.2) is 60.8 Å². The first kappa shape index (κ1) is 18.5. The Labute approximate surface area is 164 Å². The SMILES string of the molecule is O=C(C=Cc1ccc(C2CCCN2CCc2c[nH]c3ccccc23)cc1)NO. The van der Waals surface area contributed by atoms with Gasteiger partial charge < -0.3 is 4.98 Å². The van der Waals surface area contributed by atoms with Crippen molar-refractivity contribution >= 4 is 22.9 Å².